The van der Waals surface area contributed by atoms with E-state index >= 15 is 0 Å². The molecule has 7 nitrogen and oxygen atoms in total. The molecule has 1 amide bonds. The molecule has 3 heterocycles. The van der Waals surface area contributed by atoms with Gasteiger partial charge in [0.05, 0.1) is 24.2 Å². The first-order valence-electron chi connectivity index (χ1n) is 8.33. The second-order valence-electron chi connectivity index (χ2n) is 6.32. The highest BCUT2D eigenvalue weighted by Gasteiger charge is 2.27. The summed E-state index contributed by atoms with van der Waals surface area (Å²) in [4.78, 5) is 18.6. The summed E-state index contributed by atoms with van der Waals surface area (Å²) in [7, 11) is 3.42. The number of amides is 1. The van der Waals surface area contributed by atoms with Gasteiger partial charge in [-0.15, -0.1) is 0 Å². The van der Waals surface area contributed by atoms with Crippen LogP contribution in [-0.4, -0.2) is 41.0 Å². The molecule has 1 N–H and O–H groups in total. The zero-order valence-corrected chi connectivity index (χ0v) is 14.7. The molecule has 0 radical (unpaired) electrons. The Balaban J connectivity index is 1.66. The summed E-state index contributed by atoms with van der Waals surface area (Å²) >= 11 is 0. The Labute approximate surface area is 153 Å². The van der Waals surface area contributed by atoms with Gasteiger partial charge in [-0.25, -0.2) is 18.4 Å². The van der Waals surface area contributed by atoms with E-state index in [1.54, 1.807) is 23.0 Å². The monoisotopic (exact) mass is 373 g/mol. The number of methoxy groups -OCH3 is 1. The summed E-state index contributed by atoms with van der Waals surface area (Å²) in [5, 5.41) is 6.59. The molecule has 1 aliphatic carbocycles. The molecule has 2 aromatic heterocycles. The molecule has 1 unspecified atom stereocenters. The first-order valence-corrected chi connectivity index (χ1v) is 8.33. The lowest BCUT2D eigenvalue weighted by Crippen LogP contribution is -2.30. The van der Waals surface area contributed by atoms with E-state index in [4.69, 9.17) is 4.74 Å². The minimum absolute atomic E-state index is 0.0222. The van der Waals surface area contributed by atoms with E-state index < -0.39 is 17.9 Å². The molecular formula is C18H17F2N5O2. The quantitative estimate of drug-likeness (QED) is 0.895. The number of alkyl halides is 1. The van der Waals surface area contributed by atoms with Crippen molar-refractivity contribution in [2.24, 2.45) is 0 Å². The third kappa shape index (κ3) is 2.94. The van der Waals surface area contributed by atoms with Crippen LogP contribution in [0.25, 0.3) is 11.3 Å². The second kappa shape index (κ2) is 6.49. The van der Waals surface area contributed by atoms with Gasteiger partial charge in [0, 0.05) is 31.3 Å². The Kier molecular flexibility index (Phi) is 4.14. The van der Waals surface area contributed by atoms with E-state index in [1.807, 2.05) is 11.9 Å². The molecular weight excluding hydrogens is 356 g/mol. The van der Waals surface area contributed by atoms with E-state index in [1.165, 1.54) is 13.2 Å². The largest absolute Gasteiger partial charge is 0.481 e. The average Bonchev–Trinajstić information content (AvgIpc) is 3.08. The molecule has 2 aliphatic rings. The van der Waals surface area contributed by atoms with Gasteiger partial charge in [-0.1, -0.05) is 6.08 Å². The molecule has 1 aliphatic heterocycles. The number of allylic oxidation sites excluding steroid dienone is 4. The van der Waals surface area contributed by atoms with Crippen LogP contribution in [0.5, 0.6) is 5.88 Å². The van der Waals surface area contributed by atoms with Crippen LogP contribution < -0.4 is 15.0 Å². The second-order valence-corrected chi connectivity index (χ2v) is 6.32. The first-order chi connectivity index (χ1) is 13.0. The lowest BCUT2D eigenvalue weighted by atomic mass is 10.1. The summed E-state index contributed by atoms with van der Waals surface area (Å²) < 4.78 is 34.5. The minimum atomic E-state index is -1.58. The van der Waals surface area contributed by atoms with Crippen molar-refractivity contribution in [1.82, 2.24) is 20.1 Å². The molecule has 1 atom stereocenters. The maximum absolute atomic E-state index is 13.9. The zero-order valence-electron chi connectivity index (χ0n) is 14.7. The van der Waals surface area contributed by atoms with Crippen LogP contribution in [-0.2, 0) is 6.67 Å². The third-order valence-corrected chi connectivity index (χ3v) is 4.54. The molecule has 0 bridgehead atoms. The predicted molar refractivity (Wildman–Crippen MR) is 94.7 cm³/mol. The van der Waals surface area contributed by atoms with Gasteiger partial charge in [0.2, 0.25) is 5.88 Å². The molecule has 9 heteroatoms. The fraction of sp³-hybridized carbons (Fsp3) is 0.278. The van der Waals surface area contributed by atoms with Crippen molar-refractivity contribution in [3.8, 4) is 17.1 Å². The number of hydrogen-bond acceptors (Lipinski definition) is 5. The van der Waals surface area contributed by atoms with Crippen LogP contribution in [0.4, 0.5) is 14.5 Å². The van der Waals surface area contributed by atoms with Gasteiger partial charge in [-0.3, -0.25) is 4.79 Å². The number of hydrogen-bond donors (Lipinski definition) is 1. The van der Waals surface area contributed by atoms with E-state index in [0.29, 0.717) is 18.2 Å². The van der Waals surface area contributed by atoms with Crippen LogP contribution in [0, 0.1) is 0 Å². The van der Waals surface area contributed by atoms with Crippen LogP contribution in [0.1, 0.15) is 16.9 Å². The number of fused-ring (bicyclic) bond motifs is 3. The predicted octanol–water partition coefficient (Wildman–Crippen LogP) is 2.57. The van der Waals surface area contributed by atoms with Crippen molar-refractivity contribution in [3.63, 3.8) is 0 Å². The number of nitrogens with zero attached hydrogens (tertiary/aromatic N) is 4. The Hall–Kier alpha value is -3.23. The zero-order chi connectivity index (χ0) is 19.1. The van der Waals surface area contributed by atoms with Crippen molar-refractivity contribution >= 4 is 11.6 Å². The highest BCUT2D eigenvalue weighted by Crippen LogP contribution is 2.36. The fourth-order valence-electron chi connectivity index (χ4n) is 3.15. The van der Waals surface area contributed by atoms with Crippen LogP contribution in [0.15, 0.2) is 42.0 Å². The van der Waals surface area contributed by atoms with Crippen LogP contribution in [0.3, 0.4) is 0 Å². The van der Waals surface area contributed by atoms with Crippen molar-refractivity contribution in [1.29, 1.82) is 0 Å². The fourth-order valence-corrected chi connectivity index (χ4v) is 3.15. The topological polar surface area (TPSA) is 72.3 Å². The van der Waals surface area contributed by atoms with Crippen molar-refractivity contribution < 1.29 is 18.3 Å². The summed E-state index contributed by atoms with van der Waals surface area (Å²) in [6.45, 7) is 0.411. The summed E-state index contributed by atoms with van der Waals surface area (Å²) in [5.41, 5.74) is 2.07. The van der Waals surface area contributed by atoms with Gasteiger partial charge < -0.3 is 15.0 Å². The number of aromatic nitrogens is 3. The Bertz CT molecular complexity index is 982. The van der Waals surface area contributed by atoms with E-state index in [9.17, 15) is 13.6 Å². The summed E-state index contributed by atoms with van der Waals surface area (Å²) in [5.74, 6) is -0.966. The molecule has 140 valence electrons. The van der Waals surface area contributed by atoms with Crippen molar-refractivity contribution in [3.05, 3.63) is 47.7 Å². The molecule has 2 aromatic rings. The van der Waals surface area contributed by atoms with Gasteiger partial charge >= 0.3 is 0 Å². The lowest BCUT2D eigenvalue weighted by molar-refractivity contribution is 0.0951. The van der Waals surface area contributed by atoms with Gasteiger partial charge in [0.25, 0.3) is 5.91 Å². The number of halogens is 2. The molecule has 27 heavy (non-hydrogen) atoms. The Morgan fingerprint density at radius 1 is 1.41 bits per heavy atom. The van der Waals surface area contributed by atoms with E-state index in [2.05, 4.69) is 15.4 Å². The maximum Gasteiger partial charge on any atom is 0.276 e. The number of carbonyl (C=O) groups excluding carboxylic acids is 1. The lowest BCUT2D eigenvalue weighted by Gasteiger charge is -2.28. The standard InChI is InChI=1S/C18H17F2N5O2/c1-24-9-25-15(10-8-21-16(27-2)7-14(10)24)6-13(23-25)18(26)22-17-11(19)4-3-5-12(17)20/h3-4,6-8,12H,5,9H2,1-2H3,(H,22,26). The summed E-state index contributed by atoms with van der Waals surface area (Å²) in [6, 6.07) is 3.38. The van der Waals surface area contributed by atoms with Gasteiger partial charge in [0.1, 0.15) is 18.7 Å². The van der Waals surface area contributed by atoms with Gasteiger partial charge in [-0.2, -0.15) is 5.10 Å². The number of ether oxygens (including phenoxy) is 1. The molecule has 0 saturated carbocycles. The molecule has 0 aromatic carbocycles. The number of pyridine rings is 1. The van der Waals surface area contributed by atoms with Crippen LogP contribution in [0.2, 0.25) is 0 Å². The minimum Gasteiger partial charge on any atom is -0.481 e. The molecule has 4 rings (SSSR count). The number of nitrogens with one attached hydrogen (secondary N) is 1. The molecule has 0 saturated heterocycles. The first kappa shape index (κ1) is 17.2. The van der Waals surface area contributed by atoms with Crippen LogP contribution >= 0.6 is 0 Å². The molecule has 0 fully saturated rings. The summed E-state index contributed by atoms with van der Waals surface area (Å²) in [6.07, 6.45) is 2.62. The maximum atomic E-state index is 13.9. The molecule has 0 spiro atoms. The number of anilines is 1. The van der Waals surface area contributed by atoms with Gasteiger partial charge in [0.15, 0.2) is 5.69 Å². The SMILES string of the molecule is COc1cc2c(cn1)-c1cc(C(=O)NC3=C(F)C=CCC3F)nn1CN2C. The smallest absolute Gasteiger partial charge is 0.276 e. The third-order valence-electron chi connectivity index (χ3n) is 4.54. The van der Waals surface area contributed by atoms with Crippen molar-refractivity contribution in [2.75, 3.05) is 19.1 Å². The number of carbonyl (C=O) groups is 1. The van der Waals surface area contributed by atoms with Crippen molar-refractivity contribution in [2.45, 2.75) is 19.3 Å². The van der Waals surface area contributed by atoms with Gasteiger partial charge in [-0.05, 0) is 12.1 Å². The Morgan fingerprint density at radius 2 is 2.22 bits per heavy atom. The average molecular weight is 373 g/mol. The highest BCUT2D eigenvalue weighted by molar-refractivity contribution is 5.95. The van der Waals surface area contributed by atoms with E-state index in [-0.39, 0.29) is 17.8 Å². The number of rotatable bonds is 3. The highest BCUT2D eigenvalue weighted by atomic mass is 19.1. The van der Waals surface area contributed by atoms with E-state index in [0.717, 1.165) is 17.3 Å². The Morgan fingerprint density at radius 3 is 2.96 bits per heavy atom. The normalized spacial score (nSPS) is 18.2.